The number of ether oxygens (including phenoxy) is 3. The van der Waals surface area contributed by atoms with Crippen LogP contribution in [-0.2, 0) is 27.2 Å². The lowest BCUT2D eigenvalue weighted by molar-refractivity contribution is -0.158. The van der Waals surface area contributed by atoms with Crippen LogP contribution in [0.4, 0.5) is 8.78 Å². The van der Waals surface area contributed by atoms with Crippen LogP contribution in [0.25, 0.3) is 0 Å². The summed E-state index contributed by atoms with van der Waals surface area (Å²) in [6.07, 6.45) is 5.32. The van der Waals surface area contributed by atoms with Gasteiger partial charge in [0.2, 0.25) is 5.91 Å². The van der Waals surface area contributed by atoms with Gasteiger partial charge in [0.25, 0.3) is 0 Å². The Bertz CT molecular complexity index is 1390. The van der Waals surface area contributed by atoms with Crippen molar-refractivity contribution in [3.05, 3.63) is 87.7 Å². The lowest BCUT2D eigenvalue weighted by Gasteiger charge is -2.27. The molecule has 2 unspecified atom stereocenters. The van der Waals surface area contributed by atoms with Gasteiger partial charge in [-0.25, -0.2) is 4.79 Å². The van der Waals surface area contributed by atoms with E-state index in [-0.39, 0.29) is 40.3 Å². The van der Waals surface area contributed by atoms with E-state index in [0.717, 1.165) is 18.4 Å². The molecule has 1 aliphatic carbocycles. The van der Waals surface area contributed by atoms with Gasteiger partial charge in [-0.3, -0.25) is 9.78 Å². The Morgan fingerprint density at radius 2 is 1.74 bits per heavy atom. The number of nitrogens with zero attached hydrogens (tertiary/aromatic N) is 2. The second-order valence-corrected chi connectivity index (χ2v) is 11.3. The smallest absolute Gasteiger partial charge is 0.387 e. The van der Waals surface area contributed by atoms with Crippen LogP contribution in [0.15, 0.2) is 60.9 Å². The van der Waals surface area contributed by atoms with E-state index < -0.39 is 24.7 Å². The van der Waals surface area contributed by atoms with E-state index in [1.165, 1.54) is 30.6 Å². The zero-order chi connectivity index (χ0) is 29.6. The molecule has 5 rings (SSSR count). The number of likely N-dealkylation sites (tertiary alicyclic amines) is 1. The van der Waals surface area contributed by atoms with Crippen LogP contribution in [0.3, 0.4) is 0 Å². The van der Waals surface area contributed by atoms with Gasteiger partial charge in [0, 0.05) is 25.4 Å². The minimum absolute atomic E-state index is 0.0771. The maximum atomic E-state index is 13.6. The molecule has 3 aromatic rings. The highest BCUT2D eigenvalue weighted by atomic mass is 35.5. The average Bonchev–Trinajstić information content (AvgIpc) is 3.66. The highest BCUT2D eigenvalue weighted by Gasteiger charge is 2.37. The Morgan fingerprint density at radius 1 is 1.00 bits per heavy atom. The third-order valence-electron chi connectivity index (χ3n) is 7.37. The highest BCUT2D eigenvalue weighted by Crippen LogP contribution is 2.38. The van der Waals surface area contributed by atoms with Crippen molar-refractivity contribution in [1.82, 2.24) is 9.88 Å². The number of alkyl halides is 2. The molecule has 0 N–H and O–H groups in total. The molecule has 42 heavy (non-hydrogen) atoms. The number of carbonyl (C=O) groups is 2. The summed E-state index contributed by atoms with van der Waals surface area (Å²) in [6, 6.07) is 13.0. The number of rotatable bonds is 12. The van der Waals surface area contributed by atoms with Crippen LogP contribution in [0, 0.1) is 5.92 Å². The molecule has 1 saturated heterocycles. The molecule has 1 aliphatic heterocycles. The van der Waals surface area contributed by atoms with E-state index in [9.17, 15) is 18.4 Å². The zero-order valence-electron chi connectivity index (χ0n) is 22.7. The molecule has 2 atom stereocenters. The van der Waals surface area contributed by atoms with E-state index in [1.807, 2.05) is 30.3 Å². The van der Waals surface area contributed by atoms with E-state index in [2.05, 4.69) is 9.72 Å². The summed E-state index contributed by atoms with van der Waals surface area (Å²) in [7, 11) is 0. The maximum Gasteiger partial charge on any atom is 0.387 e. The van der Waals surface area contributed by atoms with Crippen molar-refractivity contribution >= 4 is 35.1 Å². The van der Waals surface area contributed by atoms with Crippen molar-refractivity contribution in [2.75, 3.05) is 13.2 Å². The number of esters is 1. The van der Waals surface area contributed by atoms with Gasteiger partial charge >= 0.3 is 12.6 Å². The van der Waals surface area contributed by atoms with Gasteiger partial charge < -0.3 is 19.1 Å². The topological polar surface area (TPSA) is 78.0 Å². The third kappa shape index (κ3) is 7.69. The molecule has 222 valence electrons. The number of hydrogen-bond donors (Lipinski definition) is 0. The molecule has 0 bridgehead atoms. The Kier molecular flexibility index (Phi) is 9.80. The van der Waals surface area contributed by atoms with Crippen molar-refractivity contribution in [3.63, 3.8) is 0 Å². The molecular weight excluding hydrogens is 589 g/mol. The van der Waals surface area contributed by atoms with Gasteiger partial charge in [-0.2, -0.15) is 8.78 Å². The van der Waals surface area contributed by atoms with E-state index in [0.29, 0.717) is 43.0 Å². The molecule has 7 nitrogen and oxygen atoms in total. The van der Waals surface area contributed by atoms with Crippen LogP contribution in [0.2, 0.25) is 10.0 Å². The third-order valence-corrected chi connectivity index (χ3v) is 8.02. The number of aromatic nitrogens is 1. The molecule has 2 aromatic carbocycles. The normalized spacial score (nSPS) is 17.3. The first-order chi connectivity index (χ1) is 20.3. The van der Waals surface area contributed by atoms with Gasteiger partial charge in [0.1, 0.15) is 12.1 Å². The number of hydrogen-bond acceptors (Lipinski definition) is 6. The molecular formula is C31H30Cl2F2N2O5. The van der Waals surface area contributed by atoms with Gasteiger partial charge in [-0.1, -0.05) is 59.6 Å². The van der Waals surface area contributed by atoms with Gasteiger partial charge in [0.15, 0.2) is 11.5 Å². The predicted octanol–water partition coefficient (Wildman–Crippen LogP) is 6.84. The van der Waals surface area contributed by atoms with Gasteiger partial charge in [-0.05, 0) is 60.4 Å². The predicted molar refractivity (Wildman–Crippen MR) is 153 cm³/mol. The Balaban J connectivity index is 1.41. The summed E-state index contributed by atoms with van der Waals surface area (Å²) >= 11 is 12.8. The minimum atomic E-state index is -3.04. The van der Waals surface area contributed by atoms with Crippen LogP contribution in [0.5, 0.6) is 11.5 Å². The van der Waals surface area contributed by atoms with Crippen molar-refractivity contribution in [2.24, 2.45) is 5.92 Å². The maximum absolute atomic E-state index is 13.6. The highest BCUT2D eigenvalue weighted by molar-refractivity contribution is 6.35. The Morgan fingerprint density at radius 3 is 2.43 bits per heavy atom. The molecule has 0 radical (unpaired) electrons. The lowest BCUT2D eigenvalue weighted by Crippen LogP contribution is -2.42. The van der Waals surface area contributed by atoms with E-state index >= 15 is 0 Å². The molecule has 0 spiro atoms. The summed E-state index contributed by atoms with van der Waals surface area (Å²) in [5.41, 5.74) is 1.83. The first-order valence-corrected chi connectivity index (χ1v) is 14.6. The van der Waals surface area contributed by atoms with Crippen LogP contribution >= 0.6 is 23.2 Å². The number of benzene rings is 2. The second kappa shape index (κ2) is 13.7. The first-order valence-electron chi connectivity index (χ1n) is 13.8. The van der Waals surface area contributed by atoms with Crippen molar-refractivity contribution in [3.8, 4) is 11.5 Å². The SMILES string of the molecule is O=C(OC(Cc1c(Cl)cncc1Cl)c1ccc(OC(F)F)c(OCC2CC2)c1)C1CCCN1C(=O)Cc1ccccc1. The molecule has 2 heterocycles. The number of pyridine rings is 1. The van der Waals surface area contributed by atoms with Crippen LogP contribution in [0.1, 0.15) is 48.5 Å². The Labute approximate surface area is 252 Å². The Hall–Kier alpha value is -3.43. The summed E-state index contributed by atoms with van der Waals surface area (Å²) in [4.78, 5) is 32.3. The summed E-state index contributed by atoms with van der Waals surface area (Å²) in [5.74, 6) is -0.380. The fraction of sp³-hybridized carbons (Fsp3) is 0.387. The molecule has 11 heteroatoms. The monoisotopic (exact) mass is 618 g/mol. The van der Waals surface area contributed by atoms with Crippen LogP contribution < -0.4 is 9.47 Å². The van der Waals surface area contributed by atoms with E-state index in [1.54, 1.807) is 4.90 Å². The van der Waals surface area contributed by atoms with Crippen molar-refractivity contribution in [2.45, 2.75) is 57.3 Å². The number of halogens is 4. The summed E-state index contributed by atoms with van der Waals surface area (Å²) in [6.45, 7) is -2.24. The average molecular weight is 619 g/mol. The summed E-state index contributed by atoms with van der Waals surface area (Å²) in [5, 5.41) is 0.568. The van der Waals surface area contributed by atoms with Crippen molar-refractivity contribution in [1.29, 1.82) is 0 Å². The molecule has 1 saturated carbocycles. The van der Waals surface area contributed by atoms with Gasteiger partial charge in [0.05, 0.1) is 23.1 Å². The molecule has 1 aromatic heterocycles. The van der Waals surface area contributed by atoms with Crippen molar-refractivity contribution < 1.29 is 32.6 Å². The quantitative estimate of drug-likeness (QED) is 0.207. The summed E-state index contributed by atoms with van der Waals surface area (Å²) < 4.78 is 42.8. The zero-order valence-corrected chi connectivity index (χ0v) is 24.2. The minimum Gasteiger partial charge on any atom is -0.489 e. The standard InChI is InChI=1S/C31H30Cl2F2N2O5/c32-23-16-36-17-24(33)22(23)15-27(21-10-11-26(42-31(34)35)28(14-21)40-18-20-8-9-20)41-30(39)25-7-4-12-37(25)29(38)13-19-5-2-1-3-6-19/h1-3,5-6,10-11,14,16-17,20,25,27,31H,4,7-9,12-13,15,18H2. The number of carbonyl (C=O) groups excluding carboxylic acids is 2. The molecule has 2 fully saturated rings. The first kappa shape index (κ1) is 30.0. The van der Waals surface area contributed by atoms with E-state index in [4.69, 9.17) is 32.7 Å². The second-order valence-electron chi connectivity index (χ2n) is 10.5. The number of amides is 1. The fourth-order valence-electron chi connectivity index (χ4n) is 4.97. The lowest BCUT2D eigenvalue weighted by atomic mass is 10.0. The van der Waals surface area contributed by atoms with Crippen LogP contribution in [-0.4, -0.2) is 47.6 Å². The largest absolute Gasteiger partial charge is 0.489 e. The molecule has 2 aliphatic rings. The van der Waals surface area contributed by atoms with Gasteiger partial charge in [-0.15, -0.1) is 0 Å². The molecule has 1 amide bonds. The fourth-order valence-corrected chi connectivity index (χ4v) is 5.49.